The number of H-pyrrole nitrogens is 1. The third-order valence-corrected chi connectivity index (χ3v) is 4.74. The van der Waals surface area contributed by atoms with E-state index in [1.165, 1.54) is 5.56 Å². The van der Waals surface area contributed by atoms with E-state index in [-0.39, 0.29) is 0 Å². The SMILES string of the molecule is CCc1ccccc1-n1c(COc2cccc3ccccc23)n[nH]c1=S. The van der Waals surface area contributed by atoms with Crippen molar-refractivity contribution in [3.05, 3.63) is 82.9 Å². The van der Waals surface area contributed by atoms with E-state index in [4.69, 9.17) is 17.0 Å². The summed E-state index contributed by atoms with van der Waals surface area (Å²) < 4.78 is 8.63. The fourth-order valence-corrected chi connectivity index (χ4v) is 3.42. The van der Waals surface area contributed by atoms with Gasteiger partial charge in [-0.2, -0.15) is 5.10 Å². The Bertz CT molecular complexity index is 1110. The zero-order valence-electron chi connectivity index (χ0n) is 14.5. The van der Waals surface area contributed by atoms with Gasteiger partial charge in [0.2, 0.25) is 0 Å². The molecule has 0 aliphatic heterocycles. The van der Waals surface area contributed by atoms with Crippen molar-refractivity contribution >= 4 is 23.0 Å². The van der Waals surface area contributed by atoms with Gasteiger partial charge in [0.05, 0.1) is 5.69 Å². The van der Waals surface area contributed by atoms with E-state index in [1.54, 1.807) is 0 Å². The average Bonchev–Trinajstić information content (AvgIpc) is 3.06. The van der Waals surface area contributed by atoms with Crippen molar-refractivity contribution in [1.82, 2.24) is 14.8 Å². The molecule has 0 spiro atoms. The van der Waals surface area contributed by atoms with E-state index in [2.05, 4.69) is 47.5 Å². The number of aromatic amines is 1. The molecular weight excluding hydrogens is 342 g/mol. The number of ether oxygens (including phenoxy) is 1. The summed E-state index contributed by atoms with van der Waals surface area (Å²) in [5, 5.41) is 9.52. The number of aromatic nitrogens is 3. The van der Waals surface area contributed by atoms with E-state index < -0.39 is 0 Å². The number of rotatable bonds is 5. The van der Waals surface area contributed by atoms with Crippen molar-refractivity contribution in [3.63, 3.8) is 0 Å². The first-order chi connectivity index (χ1) is 12.8. The molecule has 4 rings (SSSR count). The van der Waals surface area contributed by atoms with Crippen LogP contribution in [0.1, 0.15) is 18.3 Å². The van der Waals surface area contributed by atoms with Crippen LogP contribution in [0.4, 0.5) is 0 Å². The number of aryl methyl sites for hydroxylation is 1. The molecule has 0 saturated carbocycles. The number of nitrogens with one attached hydrogen (secondary N) is 1. The van der Waals surface area contributed by atoms with E-state index in [1.807, 2.05) is 41.0 Å². The summed E-state index contributed by atoms with van der Waals surface area (Å²) in [6, 6.07) is 22.5. The molecule has 0 aliphatic carbocycles. The lowest BCUT2D eigenvalue weighted by Crippen LogP contribution is -2.08. The normalized spacial score (nSPS) is 11.0. The topological polar surface area (TPSA) is 42.8 Å². The second-order valence-corrected chi connectivity index (χ2v) is 6.42. The van der Waals surface area contributed by atoms with Gasteiger partial charge in [0.1, 0.15) is 12.4 Å². The molecule has 4 nitrogen and oxygen atoms in total. The zero-order valence-corrected chi connectivity index (χ0v) is 15.3. The molecule has 5 heteroatoms. The number of hydrogen-bond donors (Lipinski definition) is 1. The number of hydrogen-bond acceptors (Lipinski definition) is 3. The van der Waals surface area contributed by atoms with Gasteiger partial charge in [-0.15, -0.1) is 0 Å². The van der Waals surface area contributed by atoms with Gasteiger partial charge in [-0.1, -0.05) is 61.5 Å². The van der Waals surface area contributed by atoms with Crippen LogP contribution in [0, 0.1) is 4.77 Å². The van der Waals surface area contributed by atoms with Gasteiger partial charge in [-0.3, -0.25) is 9.67 Å². The first-order valence-corrected chi connectivity index (χ1v) is 9.04. The van der Waals surface area contributed by atoms with Crippen LogP contribution >= 0.6 is 12.2 Å². The monoisotopic (exact) mass is 361 g/mol. The molecule has 3 aromatic carbocycles. The van der Waals surface area contributed by atoms with Crippen molar-refractivity contribution in [2.24, 2.45) is 0 Å². The lowest BCUT2D eigenvalue weighted by atomic mass is 10.1. The molecule has 130 valence electrons. The molecule has 0 amide bonds. The molecule has 0 saturated heterocycles. The highest BCUT2D eigenvalue weighted by Crippen LogP contribution is 2.26. The molecule has 26 heavy (non-hydrogen) atoms. The Morgan fingerprint density at radius 2 is 1.77 bits per heavy atom. The Morgan fingerprint density at radius 3 is 2.65 bits per heavy atom. The number of para-hydroxylation sites is 1. The highest BCUT2D eigenvalue weighted by Gasteiger charge is 2.12. The van der Waals surface area contributed by atoms with Gasteiger partial charge in [-0.25, -0.2) is 0 Å². The minimum Gasteiger partial charge on any atom is -0.485 e. The second kappa shape index (κ2) is 7.14. The Balaban J connectivity index is 1.69. The molecule has 4 aromatic rings. The predicted octanol–water partition coefficient (Wildman–Crippen LogP) is 5.22. The van der Waals surface area contributed by atoms with Crippen molar-refractivity contribution in [2.75, 3.05) is 0 Å². The van der Waals surface area contributed by atoms with Crippen LogP contribution in [0.25, 0.3) is 16.5 Å². The maximum Gasteiger partial charge on any atom is 0.199 e. The number of fused-ring (bicyclic) bond motifs is 1. The molecule has 0 unspecified atom stereocenters. The zero-order chi connectivity index (χ0) is 17.9. The lowest BCUT2D eigenvalue weighted by Gasteiger charge is -2.13. The predicted molar refractivity (Wildman–Crippen MR) is 106 cm³/mol. The second-order valence-electron chi connectivity index (χ2n) is 6.03. The van der Waals surface area contributed by atoms with Gasteiger partial charge in [0.15, 0.2) is 10.6 Å². The summed E-state index contributed by atoms with van der Waals surface area (Å²) in [5.41, 5.74) is 2.27. The summed E-state index contributed by atoms with van der Waals surface area (Å²) in [7, 11) is 0. The minimum atomic E-state index is 0.333. The molecule has 0 aliphatic rings. The van der Waals surface area contributed by atoms with Crippen molar-refractivity contribution < 1.29 is 4.74 Å². The highest BCUT2D eigenvalue weighted by atomic mass is 32.1. The summed E-state index contributed by atoms with van der Waals surface area (Å²) in [6.45, 7) is 2.47. The Labute approximate surface area is 157 Å². The van der Waals surface area contributed by atoms with E-state index in [0.717, 1.165) is 34.5 Å². The first kappa shape index (κ1) is 16.5. The van der Waals surface area contributed by atoms with Crippen LogP contribution in [0.5, 0.6) is 5.75 Å². The van der Waals surface area contributed by atoms with E-state index in [9.17, 15) is 0 Å². The summed E-state index contributed by atoms with van der Waals surface area (Å²) in [4.78, 5) is 0. The molecule has 0 atom stereocenters. The van der Waals surface area contributed by atoms with E-state index in [0.29, 0.717) is 11.4 Å². The van der Waals surface area contributed by atoms with E-state index >= 15 is 0 Å². The maximum absolute atomic E-state index is 6.10. The molecule has 0 fully saturated rings. The Kier molecular flexibility index (Phi) is 4.54. The van der Waals surface area contributed by atoms with Crippen molar-refractivity contribution in [3.8, 4) is 11.4 Å². The van der Waals surface area contributed by atoms with Gasteiger partial charge >= 0.3 is 0 Å². The van der Waals surface area contributed by atoms with Gasteiger partial charge in [-0.05, 0) is 41.7 Å². The average molecular weight is 361 g/mol. The highest BCUT2D eigenvalue weighted by molar-refractivity contribution is 7.71. The summed E-state index contributed by atoms with van der Waals surface area (Å²) >= 11 is 5.46. The molecule has 1 N–H and O–H groups in total. The number of benzene rings is 3. The summed E-state index contributed by atoms with van der Waals surface area (Å²) in [5.74, 6) is 1.59. The van der Waals surface area contributed by atoms with Crippen molar-refractivity contribution in [2.45, 2.75) is 20.0 Å². The van der Waals surface area contributed by atoms with Crippen LogP contribution in [0.15, 0.2) is 66.7 Å². The number of nitrogens with zero attached hydrogens (tertiary/aromatic N) is 2. The smallest absolute Gasteiger partial charge is 0.199 e. The van der Waals surface area contributed by atoms with Crippen LogP contribution in [-0.2, 0) is 13.0 Å². The minimum absolute atomic E-state index is 0.333. The maximum atomic E-state index is 6.10. The van der Waals surface area contributed by atoms with Crippen LogP contribution in [0.3, 0.4) is 0 Å². The third-order valence-electron chi connectivity index (χ3n) is 4.46. The van der Waals surface area contributed by atoms with Crippen LogP contribution < -0.4 is 4.74 Å². The molecule has 0 radical (unpaired) electrons. The quantitative estimate of drug-likeness (QED) is 0.495. The molecule has 1 heterocycles. The fraction of sp³-hybridized carbons (Fsp3) is 0.143. The van der Waals surface area contributed by atoms with Crippen molar-refractivity contribution in [1.29, 1.82) is 0 Å². The first-order valence-electron chi connectivity index (χ1n) is 8.63. The largest absolute Gasteiger partial charge is 0.485 e. The van der Waals surface area contributed by atoms with Gasteiger partial charge < -0.3 is 4.74 Å². The standard InChI is InChI=1S/C21H19N3OS/c1-2-15-8-4-6-12-18(15)24-20(22-23-21(24)26)14-25-19-13-7-10-16-9-3-5-11-17(16)19/h3-13H,2,14H2,1H3,(H,23,26). The van der Waals surface area contributed by atoms with Crippen LogP contribution in [-0.4, -0.2) is 14.8 Å². The van der Waals surface area contributed by atoms with Gasteiger partial charge in [0.25, 0.3) is 0 Å². The lowest BCUT2D eigenvalue weighted by molar-refractivity contribution is 0.297. The van der Waals surface area contributed by atoms with Crippen LogP contribution in [0.2, 0.25) is 0 Å². The molecule has 0 bridgehead atoms. The summed E-state index contributed by atoms with van der Waals surface area (Å²) in [6.07, 6.45) is 0.923. The Hall–Kier alpha value is -2.92. The third kappa shape index (κ3) is 3.02. The Morgan fingerprint density at radius 1 is 1.00 bits per heavy atom. The molecular formula is C21H19N3OS. The van der Waals surface area contributed by atoms with Gasteiger partial charge in [0, 0.05) is 5.39 Å². The molecule has 1 aromatic heterocycles. The fourth-order valence-electron chi connectivity index (χ4n) is 3.17.